The van der Waals surface area contributed by atoms with Gasteiger partial charge in [0.1, 0.15) is 0 Å². The van der Waals surface area contributed by atoms with Crippen molar-refractivity contribution in [1.82, 2.24) is 0 Å². The van der Waals surface area contributed by atoms with Gasteiger partial charge >= 0.3 is 25.5 Å². The first-order valence-electron chi connectivity index (χ1n) is 1.28. The van der Waals surface area contributed by atoms with Crippen LogP contribution < -0.4 is 5.14 Å². The molecular formula is CH5F3LiNO2S. The Morgan fingerprint density at radius 3 is 1.22 bits per heavy atom. The number of hydrogen-bond donors (Lipinski definition) is 2. The summed E-state index contributed by atoms with van der Waals surface area (Å²) in [5, 5.41) is 4.06. The fourth-order valence-corrected chi connectivity index (χ4v) is 0. The molecule has 0 aliphatic rings. The minimum atomic E-state index is -3.67. The van der Waals surface area contributed by atoms with E-state index in [1.165, 1.54) is 0 Å². The molecule has 54 valence electrons. The summed E-state index contributed by atoms with van der Waals surface area (Å²) in [4.78, 5) is 0. The summed E-state index contributed by atoms with van der Waals surface area (Å²) in [6, 6.07) is 0. The standard InChI is InChI=1S/CHF3.Li.H3NO2S.H/c2-1(3)4;;1-4(2)3;/h1H;;4H,(H2,1,2,3);. The van der Waals surface area contributed by atoms with Crippen LogP contribution >= 0.6 is 0 Å². The Morgan fingerprint density at radius 2 is 1.22 bits per heavy atom. The summed E-state index contributed by atoms with van der Waals surface area (Å²) in [6.07, 6.45) is 0. The van der Waals surface area contributed by atoms with E-state index in [1.54, 1.807) is 0 Å². The van der Waals surface area contributed by atoms with Crippen LogP contribution in [0.4, 0.5) is 13.2 Å². The Balaban J connectivity index is -0.0000000720. The fraction of sp³-hybridized carbons (Fsp3) is 1.00. The average Bonchev–Trinajstić information content (AvgIpc) is 1.25. The first-order chi connectivity index (χ1) is 3.46. The van der Waals surface area contributed by atoms with Gasteiger partial charge in [-0.3, -0.25) is 0 Å². The molecule has 0 amide bonds. The molecule has 0 spiro atoms. The number of thiol groups is 1. The Labute approximate surface area is 63.7 Å². The van der Waals surface area contributed by atoms with E-state index in [0.29, 0.717) is 0 Å². The summed E-state index contributed by atoms with van der Waals surface area (Å²) in [5.41, 5.74) is 0. The Kier molecular flexibility index (Phi) is 20.0. The molecule has 9 heavy (non-hydrogen) atoms. The van der Waals surface area contributed by atoms with E-state index in [2.05, 4.69) is 5.14 Å². The quantitative estimate of drug-likeness (QED) is 0.352. The van der Waals surface area contributed by atoms with Crippen LogP contribution in [0.3, 0.4) is 0 Å². The van der Waals surface area contributed by atoms with Gasteiger partial charge in [-0.25, -0.2) is 13.6 Å². The van der Waals surface area contributed by atoms with Crippen LogP contribution in [0, 0.1) is 0 Å². The van der Waals surface area contributed by atoms with E-state index in [9.17, 15) is 13.2 Å². The van der Waals surface area contributed by atoms with Crippen molar-refractivity contribution in [1.29, 1.82) is 0 Å². The zero-order valence-electron chi connectivity index (χ0n) is 3.55. The van der Waals surface area contributed by atoms with E-state index in [0.717, 1.165) is 0 Å². The third-order valence-corrected chi connectivity index (χ3v) is 0. The van der Waals surface area contributed by atoms with Crippen molar-refractivity contribution < 1.29 is 21.6 Å². The van der Waals surface area contributed by atoms with E-state index in [-0.39, 0.29) is 18.9 Å². The van der Waals surface area contributed by atoms with Crippen LogP contribution in [0.2, 0.25) is 0 Å². The molecule has 0 fully saturated rings. The zero-order chi connectivity index (χ0) is 7.15. The second-order valence-electron chi connectivity index (χ2n) is 0.533. The molecule has 0 rings (SSSR count). The van der Waals surface area contributed by atoms with Crippen molar-refractivity contribution in [2.45, 2.75) is 6.68 Å². The molecule has 2 N–H and O–H groups in total. The van der Waals surface area contributed by atoms with Crippen LogP contribution in [0.1, 0.15) is 0 Å². The predicted octanol–water partition coefficient (Wildman–Crippen LogP) is -0.998. The van der Waals surface area contributed by atoms with Crippen LogP contribution in [-0.4, -0.2) is 34.0 Å². The summed E-state index contributed by atoms with van der Waals surface area (Å²) in [5.74, 6) is 0. The van der Waals surface area contributed by atoms with Crippen molar-refractivity contribution in [3.63, 3.8) is 0 Å². The van der Waals surface area contributed by atoms with Gasteiger partial charge in [0.05, 0.1) is 0 Å². The van der Waals surface area contributed by atoms with Gasteiger partial charge in [0.25, 0.3) is 0 Å². The number of nitrogens with two attached hydrogens (primary N) is 1. The molecule has 3 nitrogen and oxygen atoms in total. The maximum absolute atomic E-state index is 9.67. The summed E-state index contributed by atoms with van der Waals surface area (Å²) < 4.78 is 46.6. The summed E-state index contributed by atoms with van der Waals surface area (Å²) in [7, 11) is -2.62. The molecule has 0 atom stereocenters. The third kappa shape index (κ3) is 3720. The van der Waals surface area contributed by atoms with E-state index < -0.39 is 17.6 Å². The first-order valence-corrected chi connectivity index (χ1v) is 2.52. The minimum absolute atomic E-state index is 0. The zero-order valence-corrected chi connectivity index (χ0v) is 4.45. The SMILES string of the molecule is FC(F)F.N[SH](=O)=O.[LiH]. The van der Waals surface area contributed by atoms with Crippen LogP contribution in [0.15, 0.2) is 0 Å². The molecule has 0 aromatic rings. The summed E-state index contributed by atoms with van der Waals surface area (Å²) >= 11 is 0. The molecular weight excluding hydrogens is 154 g/mol. The van der Waals surface area contributed by atoms with Gasteiger partial charge in [-0.15, -0.1) is 0 Å². The number of hydrogen-bond acceptors (Lipinski definition) is 2. The van der Waals surface area contributed by atoms with Gasteiger partial charge in [-0.2, -0.15) is 13.2 Å². The fourth-order valence-electron chi connectivity index (χ4n) is 0. The number of rotatable bonds is 0. The molecule has 0 bridgehead atoms. The molecule has 0 aromatic heterocycles. The predicted molar refractivity (Wildman–Crippen MR) is 28.8 cm³/mol. The molecule has 0 aliphatic heterocycles. The second-order valence-corrected chi connectivity index (χ2v) is 1.10. The van der Waals surface area contributed by atoms with E-state index in [1.807, 2.05) is 0 Å². The van der Waals surface area contributed by atoms with Crippen molar-refractivity contribution in [3.05, 3.63) is 0 Å². The van der Waals surface area contributed by atoms with Crippen molar-refractivity contribution in [2.75, 3.05) is 0 Å². The van der Waals surface area contributed by atoms with Crippen LogP contribution in [0.25, 0.3) is 0 Å². The van der Waals surface area contributed by atoms with Gasteiger partial charge in [-0.05, 0) is 0 Å². The Hall–Kier alpha value is 0.297. The van der Waals surface area contributed by atoms with Gasteiger partial charge < -0.3 is 0 Å². The van der Waals surface area contributed by atoms with Crippen molar-refractivity contribution in [2.24, 2.45) is 5.14 Å². The van der Waals surface area contributed by atoms with E-state index >= 15 is 0 Å². The maximum atomic E-state index is 9.67. The Morgan fingerprint density at radius 1 is 1.22 bits per heavy atom. The van der Waals surface area contributed by atoms with Crippen molar-refractivity contribution >= 4 is 29.8 Å². The molecule has 0 saturated heterocycles. The van der Waals surface area contributed by atoms with Gasteiger partial charge in [0.15, 0.2) is 10.9 Å². The Bertz CT molecular complexity index is 95.2. The van der Waals surface area contributed by atoms with Crippen molar-refractivity contribution in [3.8, 4) is 0 Å². The van der Waals surface area contributed by atoms with Gasteiger partial charge in [0.2, 0.25) is 0 Å². The molecule has 0 radical (unpaired) electrons. The van der Waals surface area contributed by atoms with Gasteiger partial charge in [0, 0.05) is 0 Å². The van der Waals surface area contributed by atoms with Crippen LogP contribution in [0.5, 0.6) is 0 Å². The molecule has 8 heteroatoms. The average molecular weight is 159 g/mol. The molecule has 0 saturated carbocycles. The molecule has 0 aliphatic carbocycles. The number of halogens is 3. The monoisotopic (exact) mass is 159 g/mol. The topological polar surface area (TPSA) is 60.2 Å². The normalized spacial score (nSPS) is 7.78. The number of alkyl halides is 3. The second kappa shape index (κ2) is 11.1. The summed E-state index contributed by atoms with van der Waals surface area (Å²) in [6.45, 7) is -3.67. The molecule has 0 heterocycles. The molecule has 0 unspecified atom stereocenters. The van der Waals surface area contributed by atoms with Gasteiger partial charge in [-0.1, -0.05) is 0 Å². The first kappa shape index (κ1) is 16.1. The molecule has 0 aromatic carbocycles. The third-order valence-electron chi connectivity index (χ3n) is 0. The van der Waals surface area contributed by atoms with E-state index in [4.69, 9.17) is 8.42 Å². The van der Waals surface area contributed by atoms with Crippen LogP contribution in [-0.2, 0) is 10.9 Å².